The van der Waals surface area contributed by atoms with Crippen molar-refractivity contribution in [1.82, 2.24) is 9.80 Å². The van der Waals surface area contributed by atoms with Gasteiger partial charge in [0.2, 0.25) is 11.8 Å². The summed E-state index contributed by atoms with van der Waals surface area (Å²) in [6, 6.07) is 8.77. The number of rotatable bonds is 4. The summed E-state index contributed by atoms with van der Waals surface area (Å²) in [5, 5.41) is 0. The van der Waals surface area contributed by atoms with Crippen LogP contribution in [0.3, 0.4) is 0 Å². The Morgan fingerprint density at radius 3 is 2.53 bits per heavy atom. The average Bonchev–Trinajstić information content (AvgIpc) is 3.37. The Morgan fingerprint density at radius 1 is 1.10 bits per heavy atom. The van der Waals surface area contributed by atoms with E-state index in [0.717, 1.165) is 12.1 Å². The Morgan fingerprint density at radius 2 is 1.87 bits per heavy atom. The van der Waals surface area contributed by atoms with Crippen LogP contribution in [0.1, 0.15) is 17.7 Å². The van der Waals surface area contributed by atoms with Gasteiger partial charge in [0.15, 0.2) is 0 Å². The van der Waals surface area contributed by atoms with Crippen molar-refractivity contribution in [1.29, 1.82) is 0 Å². The zero-order valence-electron chi connectivity index (χ0n) is 16.3. The van der Waals surface area contributed by atoms with Crippen LogP contribution >= 0.6 is 0 Å². The van der Waals surface area contributed by atoms with Gasteiger partial charge in [-0.2, -0.15) is 13.2 Å². The van der Waals surface area contributed by atoms with Gasteiger partial charge in [-0.15, -0.1) is 0 Å². The van der Waals surface area contributed by atoms with Crippen molar-refractivity contribution < 1.29 is 27.2 Å². The number of furan rings is 1. The fourth-order valence-electron chi connectivity index (χ4n) is 4.00. The molecule has 0 aliphatic carbocycles. The van der Waals surface area contributed by atoms with Crippen molar-refractivity contribution in [2.75, 3.05) is 37.6 Å². The molecule has 1 atom stereocenters. The minimum atomic E-state index is -4.38. The van der Waals surface area contributed by atoms with Gasteiger partial charge in [-0.25, -0.2) is 0 Å². The first-order valence-electron chi connectivity index (χ1n) is 9.82. The molecular formula is C21H22F3N3O3. The molecule has 1 unspecified atom stereocenters. The SMILES string of the molecule is O=C1CC(C(=O)N2CCN(c3cccc(C(F)(F)F)c3)CC2)CN1Cc1ccco1. The van der Waals surface area contributed by atoms with Crippen molar-refractivity contribution in [3.63, 3.8) is 0 Å². The van der Waals surface area contributed by atoms with E-state index >= 15 is 0 Å². The molecule has 9 heteroatoms. The van der Waals surface area contributed by atoms with E-state index in [4.69, 9.17) is 4.42 Å². The smallest absolute Gasteiger partial charge is 0.416 e. The number of benzene rings is 1. The van der Waals surface area contributed by atoms with Gasteiger partial charge in [-0.3, -0.25) is 9.59 Å². The number of halogens is 3. The maximum Gasteiger partial charge on any atom is 0.416 e. The van der Waals surface area contributed by atoms with Gasteiger partial charge in [-0.1, -0.05) is 6.07 Å². The molecule has 0 spiro atoms. The molecule has 6 nitrogen and oxygen atoms in total. The molecule has 2 aromatic rings. The average molecular weight is 421 g/mol. The summed E-state index contributed by atoms with van der Waals surface area (Å²) in [5.74, 6) is 0.125. The van der Waals surface area contributed by atoms with Crippen LogP contribution in [0, 0.1) is 5.92 Å². The second kappa shape index (κ2) is 8.04. The van der Waals surface area contributed by atoms with Gasteiger partial charge in [0.05, 0.1) is 24.3 Å². The van der Waals surface area contributed by atoms with Gasteiger partial charge in [0.25, 0.3) is 0 Å². The lowest BCUT2D eigenvalue weighted by Crippen LogP contribution is -2.50. The minimum Gasteiger partial charge on any atom is -0.467 e. The highest BCUT2D eigenvalue weighted by atomic mass is 19.4. The van der Waals surface area contributed by atoms with Gasteiger partial charge in [-0.05, 0) is 30.3 Å². The van der Waals surface area contributed by atoms with Crippen molar-refractivity contribution in [2.45, 2.75) is 19.1 Å². The van der Waals surface area contributed by atoms with Crippen molar-refractivity contribution >= 4 is 17.5 Å². The Bertz CT molecular complexity index is 906. The lowest BCUT2D eigenvalue weighted by atomic mass is 10.1. The molecule has 2 fully saturated rings. The van der Waals surface area contributed by atoms with Crippen LogP contribution < -0.4 is 4.90 Å². The van der Waals surface area contributed by atoms with E-state index < -0.39 is 17.7 Å². The van der Waals surface area contributed by atoms with Crippen LogP contribution in [-0.4, -0.2) is 54.3 Å². The fourth-order valence-corrected chi connectivity index (χ4v) is 4.00. The third-order valence-corrected chi connectivity index (χ3v) is 5.62. The van der Waals surface area contributed by atoms with E-state index in [1.807, 2.05) is 4.90 Å². The molecular weight excluding hydrogens is 399 g/mol. The molecule has 0 bridgehead atoms. The monoisotopic (exact) mass is 421 g/mol. The zero-order chi connectivity index (χ0) is 21.3. The quantitative estimate of drug-likeness (QED) is 0.762. The maximum atomic E-state index is 12.9. The Labute approximate surface area is 171 Å². The van der Waals surface area contributed by atoms with Crippen LogP contribution in [0.4, 0.5) is 18.9 Å². The molecule has 2 aliphatic heterocycles. The van der Waals surface area contributed by atoms with E-state index in [0.29, 0.717) is 50.7 Å². The molecule has 1 aromatic heterocycles. The van der Waals surface area contributed by atoms with E-state index in [1.54, 1.807) is 34.3 Å². The van der Waals surface area contributed by atoms with Crippen molar-refractivity contribution in [3.8, 4) is 0 Å². The van der Waals surface area contributed by atoms with Crippen LogP contribution in [0.25, 0.3) is 0 Å². The summed E-state index contributed by atoms with van der Waals surface area (Å²) < 4.78 is 44.1. The maximum absolute atomic E-state index is 12.9. The molecule has 30 heavy (non-hydrogen) atoms. The highest BCUT2D eigenvalue weighted by molar-refractivity contribution is 5.89. The number of amides is 2. The normalized spacial score (nSPS) is 20.2. The molecule has 0 radical (unpaired) electrons. The Hall–Kier alpha value is -2.97. The van der Waals surface area contributed by atoms with E-state index in [-0.39, 0.29) is 18.2 Å². The molecule has 1 aromatic carbocycles. The fraction of sp³-hybridized carbons (Fsp3) is 0.429. The first kappa shape index (κ1) is 20.3. The van der Waals surface area contributed by atoms with E-state index in [1.165, 1.54) is 6.07 Å². The van der Waals surface area contributed by atoms with Gasteiger partial charge in [0.1, 0.15) is 5.76 Å². The highest BCUT2D eigenvalue weighted by Gasteiger charge is 2.37. The summed E-state index contributed by atoms with van der Waals surface area (Å²) in [6.45, 7) is 2.43. The summed E-state index contributed by atoms with van der Waals surface area (Å²) in [7, 11) is 0. The number of nitrogens with zero attached hydrogens (tertiary/aromatic N) is 3. The molecule has 0 saturated carbocycles. The van der Waals surface area contributed by atoms with Crippen LogP contribution in [0.2, 0.25) is 0 Å². The molecule has 2 aliphatic rings. The number of hydrogen-bond acceptors (Lipinski definition) is 4. The lowest BCUT2D eigenvalue weighted by molar-refractivity contribution is -0.137. The second-order valence-corrected chi connectivity index (χ2v) is 7.62. The Balaban J connectivity index is 1.33. The van der Waals surface area contributed by atoms with Crippen LogP contribution in [0.5, 0.6) is 0 Å². The lowest BCUT2D eigenvalue weighted by Gasteiger charge is -2.37. The van der Waals surface area contributed by atoms with E-state index in [9.17, 15) is 22.8 Å². The highest BCUT2D eigenvalue weighted by Crippen LogP contribution is 2.32. The second-order valence-electron chi connectivity index (χ2n) is 7.62. The molecule has 4 rings (SSSR count). The molecule has 2 saturated heterocycles. The summed E-state index contributed by atoms with van der Waals surface area (Å²) >= 11 is 0. The number of carbonyl (C=O) groups is 2. The number of hydrogen-bond donors (Lipinski definition) is 0. The third-order valence-electron chi connectivity index (χ3n) is 5.62. The van der Waals surface area contributed by atoms with Gasteiger partial charge < -0.3 is 19.1 Å². The number of carbonyl (C=O) groups excluding carboxylic acids is 2. The largest absolute Gasteiger partial charge is 0.467 e. The third kappa shape index (κ3) is 4.29. The first-order chi connectivity index (χ1) is 14.3. The topological polar surface area (TPSA) is 57.0 Å². The van der Waals surface area contributed by atoms with Gasteiger partial charge in [0, 0.05) is 44.8 Å². The number of alkyl halides is 3. The summed E-state index contributed by atoms with van der Waals surface area (Å²) in [4.78, 5) is 30.3. The van der Waals surface area contributed by atoms with Crippen molar-refractivity contribution in [2.24, 2.45) is 5.92 Å². The van der Waals surface area contributed by atoms with E-state index in [2.05, 4.69) is 0 Å². The zero-order valence-corrected chi connectivity index (χ0v) is 16.3. The number of anilines is 1. The van der Waals surface area contributed by atoms with Crippen molar-refractivity contribution in [3.05, 3.63) is 54.0 Å². The van der Waals surface area contributed by atoms with Crippen LogP contribution in [0.15, 0.2) is 47.1 Å². The molecule has 3 heterocycles. The molecule has 160 valence electrons. The van der Waals surface area contributed by atoms with Crippen LogP contribution in [-0.2, 0) is 22.3 Å². The number of likely N-dealkylation sites (tertiary alicyclic amines) is 1. The molecule has 0 N–H and O–H groups in total. The first-order valence-corrected chi connectivity index (χ1v) is 9.82. The number of piperazine rings is 1. The predicted molar refractivity (Wildman–Crippen MR) is 102 cm³/mol. The minimum absolute atomic E-state index is 0.0750. The van der Waals surface area contributed by atoms with Gasteiger partial charge >= 0.3 is 6.18 Å². The molecule has 2 amide bonds. The standard InChI is InChI=1S/C21H22F3N3O3/c22-21(23,24)16-3-1-4-17(12-16)25-6-8-26(9-7-25)20(29)15-11-19(28)27(13-15)14-18-5-2-10-30-18/h1-5,10,12,15H,6-9,11,13-14H2. The Kier molecular flexibility index (Phi) is 5.44. The summed E-state index contributed by atoms with van der Waals surface area (Å²) in [6.07, 6.45) is -2.67. The summed E-state index contributed by atoms with van der Waals surface area (Å²) in [5.41, 5.74) is -0.183. The predicted octanol–water partition coefficient (Wildman–Crippen LogP) is 3.00.